The van der Waals surface area contributed by atoms with Gasteiger partial charge in [-0.25, -0.2) is 0 Å². The van der Waals surface area contributed by atoms with E-state index in [1.54, 1.807) is 11.8 Å². The fourth-order valence-corrected chi connectivity index (χ4v) is 2.39. The van der Waals surface area contributed by atoms with E-state index in [-0.39, 0.29) is 18.4 Å². The van der Waals surface area contributed by atoms with Crippen molar-refractivity contribution in [2.75, 3.05) is 11.5 Å². The minimum atomic E-state index is -4.66. The molecule has 0 aromatic rings. The van der Waals surface area contributed by atoms with E-state index >= 15 is 0 Å². The minimum Gasteiger partial charge on any atom is -0.352 e. The van der Waals surface area contributed by atoms with Gasteiger partial charge in [0.05, 0.1) is 0 Å². The summed E-state index contributed by atoms with van der Waals surface area (Å²) in [6.45, 7) is 0. The van der Waals surface area contributed by atoms with Gasteiger partial charge in [-0.05, 0) is 24.3 Å². The second-order valence-electron chi connectivity index (χ2n) is 3.41. The lowest BCUT2D eigenvalue weighted by Crippen LogP contribution is -2.53. The van der Waals surface area contributed by atoms with Crippen LogP contribution in [0.2, 0.25) is 0 Å². The lowest BCUT2D eigenvalue weighted by Gasteiger charge is -2.24. The number of rotatable bonds is 2. The van der Waals surface area contributed by atoms with Crippen LogP contribution in [-0.4, -0.2) is 35.7 Å². The second kappa shape index (κ2) is 6.56. The number of nitrogens with one attached hydrogen (secondary N) is 1. The van der Waals surface area contributed by atoms with E-state index < -0.39 is 18.1 Å². The van der Waals surface area contributed by atoms with Crippen LogP contribution in [-0.2, 0) is 4.79 Å². The molecule has 0 spiro atoms. The third-order valence-corrected chi connectivity index (χ3v) is 3.25. The molecule has 1 fully saturated rings. The number of amides is 1. The number of hydrogen-bond donors (Lipinski definition) is 2. The molecule has 1 unspecified atom stereocenters. The normalized spacial score (nSPS) is 19.8. The molecule has 1 amide bonds. The van der Waals surface area contributed by atoms with Gasteiger partial charge in [-0.1, -0.05) is 0 Å². The number of halogens is 4. The molecule has 1 heterocycles. The van der Waals surface area contributed by atoms with Crippen molar-refractivity contribution < 1.29 is 18.0 Å². The van der Waals surface area contributed by atoms with Crippen LogP contribution in [0.3, 0.4) is 0 Å². The van der Waals surface area contributed by atoms with Gasteiger partial charge < -0.3 is 11.1 Å². The number of hydrogen-bond acceptors (Lipinski definition) is 3. The lowest BCUT2D eigenvalue weighted by molar-refractivity contribution is -0.163. The van der Waals surface area contributed by atoms with Crippen molar-refractivity contribution >= 4 is 30.1 Å². The predicted molar refractivity (Wildman–Crippen MR) is 59.8 cm³/mol. The SMILES string of the molecule is Cl.NC(C(=O)NC1CCSCC1)C(F)(F)F. The van der Waals surface area contributed by atoms with Gasteiger partial charge in [0.1, 0.15) is 0 Å². The molecular weight excluding hydrogens is 265 g/mol. The molecule has 8 heteroatoms. The molecule has 0 bridgehead atoms. The number of carbonyl (C=O) groups is 1. The maximum absolute atomic E-state index is 12.1. The van der Waals surface area contributed by atoms with Crippen molar-refractivity contribution in [1.29, 1.82) is 0 Å². The molecule has 0 radical (unpaired) electrons. The number of carbonyl (C=O) groups excluding carboxylic acids is 1. The second-order valence-corrected chi connectivity index (χ2v) is 4.64. The number of nitrogens with two attached hydrogens (primary N) is 1. The van der Waals surface area contributed by atoms with Gasteiger partial charge in [0.2, 0.25) is 5.91 Å². The molecule has 1 atom stereocenters. The zero-order chi connectivity index (χ0) is 11.5. The number of alkyl halides is 3. The van der Waals surface area contributed by atoms with Crippen LogP contribution in [0.25, 0.3) is 0 Å². The largest absolute Gasteiger partial charge is 0.412 e. The van der Waals surface area contributed by atoms with Crippen LogP contribution < -0.4 is 11.1 Å². The Morgan fingerprint density at radius 2 is 1.88 bits per heavy atom. The van der Waals surface area contributed by atoms with E-state index in [1.807, 2.05) is 0 Å². The van der Waals surface area contributed by atoms with Crippen molar-refractivity contribution in [3.05, 3.63) is 0 Å². The minimum absolute atomic E-state index is 0. The van der Waals surface area contributed by atoms with Crippen LogP contribution in [0, 0.1) is 0 Å². The van der Waals surface area contributed by atoms with Gasteiger partial charge in [-0.3, -0.25) is 4.79 Å². The molecule has 1 aliphatic rings. The van der Waals surface area contributed by atoms with Gasteiger partial charge >= 0.3 is 6.18 Å². The average Bonchev–Trinajstić information content (AvgIpc) is 2.16. The Bertz CT molecular complexity index is 234. The summed E-state index contributed by atoms with van der Waals surface area (Å²) in [5, 5.41) is 2.33. The van der Waals surface area contributed by atoms with Crippen LogP contribution in [0.4, 0.5) is 13.2 Å². The van der Waals surface area contributed by atoms with Gasteiger partial charge in [-0.15, -0.1) is 12.4 Å². The summed E-state index contributed by atoms with van der Waals surface area (Å²) >= 11 is 1.73. The summed E-state index contributed by atoms with van der Waals surface area (Å²) in [7, 11) is 0. The molecule has 0 aromatic heterocycles. The first kappa shape index (κ1) is 15.9. The van der Waals surface area contributed by atoms with E-state index in [9.17, 15) is 18.0 Å². The van der Waals surface area contributed by atoms with Crippen LogP contribution in [0.5, 0.6) is 0 Å². The fraction of sp³-hybridized carbons (Fsp3) is 0.875. The van der Waals surface area contributed by atoms with Crippen LogP contribution in [0.1, 0.15) is 12.8 Å². The lowest BCUT2D eigenvalue weighted by atomic mass is 10.1. The standard InChI is InChI=1S/C8H13F3N2OS.ClH/c9-8(10,11)6(12)7(14)13-5-1-3-15-4-2-5;/h5-6H,1-4,12H2,(H,13,14);1H. The van der Waals surface area contributed by atoms with Crippen molar-refractivity contribution in [1.82, 2.24) is 5.32 Å². The quantitative estimate of drug-likeness (QED) is 0.801. The summed E-state index contributed by atoms with van der Waals surface area (Å²) in [5.41, 5.74) is 4.77. The fourth-order valence-electron chi connectivity index (χ4n) is 1.28. The highest BCUT2D eigenvalue weighted by Crippen LogP contribution is 2.20. The van der Waals surface area contributed by atoms with Crippen molar-refractivity contribution in [2.24, 2.45) is 5.73 Å². The first-order valence-corrected chi connectivity index (χ1v) is 5.77. The molecule has 96 valence electrons. The van der Waals surface area contributed by atoms with Crippen LogP contribution >= 0.6 is 24.2 Å². The van der Waals surface area contributed by atoms with E-state index in [4.69, 9.17) is 5.73 Å². The van der Waals surface area contributed by atoms with Crippen molar-refractivity contribution in [2.45, 2.75) is 31.1 Å². The molecule has 3 N–H and O–H groups in total. The molecular formula is C8H14ClF3N2OS. The van der Waals surface area contributed by atoms with Crippen LogP contribution in [0.15, 0.2) is 0 Å². The van der Waals surface area contributed by atoms with E-state index in [1.165, 1.54) is 0 Å². The van der Waals surface area contributed by atoms with Crippen molar-refractivity contribution in [3.63, 3.8) is 0 Å². The Morgan fingerprint density at radius 1 is 1.38 bits per heavy atom. The highest BCUT2D eigenvalue weighted by molar-refractivity contribution is 7.99. The Labute approximate surface area is 102 Å². The summed E-state index contributed by atoms with van der Waals surface area (Å²) in [4.78, 5) is 11.1. The molecule has 1 saturated heterocycles. The molecule has 3 nitrogen and oxygen atoms in total. The Kier molecular flexibility index (Phi) is 6.50. The van der Waals surface area contributed by atoms with Gasteiger partial charge in [0.25, 0.3) is 0 Å². The first-order chi connectivity index (χ1) is 6.91. The zero-order valence-electron chi connectivity index (χ0n) is 8.42. The third kappa shape index (κ3) is 4.80. The summed E-state index contributed by atoms with van der Waals surface area (Å²) < 4.78 is 36.2. The Hall–Kier alpha value is -0.140. The van der Waals surface area contributed by atoms with E-state index in [0.29, 0.717) is 12.8 Å². The highest BCUT2D eigenvalue weighted by atomic mass is 35.5. The van der Waals surface area contributed by atoms with Crippen molar-refractivity contribution in [3.8, 4) is 0 Å². The van der Waals surface area contributed by atoms with E-state index in [0.717, 1.165) is 11.5 Å². The third-order valence-electron chi connectivity index (χ3n) is 2.20. The monoisotopic (exact) mass is 278 g/mol. The molecule has 0 aromatic carbocycles. The molecule has 0 saturated carbocycles. The smallest absolute Gasteiger partial charge is 0.352 e. The zero-order valence-corrected chi connectivity index (χ0v) is 10.1. The van der Waals surface area contributed by atoms with Gasteiger partial charge in [0.15, 0.2) is 6.04 Å². The van der Waals surface area contributed by atoms with Gasteiger partial charge in [0, 0.05) is 6.04 Å². The molecule has 1 aliphatic heterocycles. The molecule has 0 aliphatic carbocycles. The predicted octanol–water partition coefficient (Wildman–Crippen LogP) is 1.31. The summed E-state index contributed by atoms with van der Waals surface area (Å²) in [6.07, 6.45) is -3.24. The summed E-state index contributed by atoms with van der Waals surface area (Å²) in [5.74, 6) is 0.609. The Morgan fingerprint density at radius 3 is 2.31 bits per heavy atom. The van der Waals surface area contributed by atoms with E-state index in [2.05, 4.69) is 5.32 Å². The number of thioether (sulfide) groups is 1. The topological polar surface area (TPSA) is 55.1 Å². The maximum atomic E-state index is 12.1. The molecule has 16 heavy (non-hydrogen) atoms. The first-order valence-electron chi connectivity index (χ1n) is 4.61. The molecule has 1 rings (SSSR count). The maximum Gasteiger partial charge on any atom is 0.412 e. The highest BCUT2D eigenvalue weighted by Gasteiger charge is 2.42. The van der Waals surface area contributed by atoms with Gasteiger partial charge in [-0.2, -0.15) is 24.9 Å². The Balaban J connectivity index is 0.00000225. The average molecular weight is 279 g/mol. The summed E-state index contributed by atoms with van der Waals surface area (Å²) in [6, 6.07) is -2.57.